The lowest BCUT2D eigenvalue weighted by molar-refractivity contribution is 0.354. The number of anilines is 1. The first-order chi connectivity index (χ1) is 10.0. The van der Waals surface area contributed by atoms with Crippen LogP contribution in [0.3, 0.4) is 0 Å². The van der Waals surface area contributed by atoms with E-state index in [0.29, 0.717) is 17.3 Å². The highest BCUT2D eigenvalue weighted by Crippen LogP contribution is 2.31. The van der Waals surface area contributed by atoms with Gasteiger partial charge in [0.2, 0.25) is 0 Å². The first kappa shape index (κ1) is 15.1. The summed E-state index contributed by atoms with van der Waals surface area (Å²) in [6, 6.07) is 9.52. The van der Waals surface area contributed by atoms with Crippen molar-refractivity contribution in [1.29, 1.82) is 0 Å². The normalized spacial score (nSPS) is 11.0. The van der Waals surface area contributed by atoms with Gasteiger partial charge >= 0.3 is 0 Å². The number of pyridine rings is 1. The van der Waals surface area contributed by atoms with Gasteiger partial charge < -0.3 is 9.47 Å². The molecule has 2 rings (SSSR count). The van der Waals surface area contributed by atoms with E-state index in [1.54, 1.807) is 24.3 Å². The Morgan fingerprint density at radius 2 is 1.76 bits per heavy atom. The van der Waals surface area contributed by atoms with E-state index in [1.807, 2.05) is 0 Å². The van der Waals surface area contributed by atoms with Crippen molar-refractivity contribution < 1.29 is 17.9 Å². The third kappa shape index (κ3) is 2.92. The lowest BCUT2D eigenvalue weighted by atomic mass is 10.3. The molecule has 1 heterocycles. The molecule has 0 unspecified atom stereocenters. The molecule has 112 valence electrons. The van der Waals surface area contributed by atoms with Gasteiger partial charge in [-0.15, -0.1) is 0 Å². The molecule has 0 amide bonds. The highest BCUT2D eigenvalue weighted by atomic mass is 32.2. The Balaban J connectivity index is 2.45. The fourth-order valence-electron chi connectivity index (χ4n) is 1.80. The lowest BCUT2D eigenvalue weighted by Crippen LogP contribution is -2.27. The van der Waals surface area contributed by atoms with E-state index in [-0.39, 0.29) is 4.90 Å². The Bertz CT molecular complexity index is 717. The predicted molar refractivity (Wildman–Crippen MR) is 79.4 cm³/mol. The summed E-state index contributed by atoms with van der Waals surface area (Å²) in [5.74, 6) is 1.16. The number of methoxy groups -OCH3 is 2. The second-order valence-electron chi connectivity index (χ2n) is 4.18. The molecule has 0 bridgehead atoms. The van der Waals surface area contributed by atoms with Gasteiger partial charge in [-0.3, -0.25) is 4.31 Å². The average molecular weight is 308 g/mol. The molecule has 0 fully saturated rings. The van der Waals surface area contributed by atoms with Crippen molar-refractivity contribution in [3.8, 4) is 11.5 Å². The van der Waals surface area contributed by atoms with Crippen LogP contribution in [0.4, 0.5) is 5.82 Å². The molecular formula is C14H16N2O4S. The Morgan fingerprint density at radius 1 is 1.05 bits per heavy atom. The molecule has 1 aromatic heterocycles. The highest BCUT2D eigenvalue weighted by Gasteiger charge is 2.23. The van der Waals surface area contributed by atoms with E-state index < -0.39 is 10.0 Å². The van der Waals surface area contributed by atoms with Crippen LogP contribution in [0.15, 0.2) is 47.5 Å². The van der Waals surface area contributed by atoms with Gasteiger partial charge in [0.15, 0.2) is 11.5 Å². The largest absolute Gasteiger partial charge is 0.493 e. The molecule has 0 aliphatic carbocycles. The number of hydrogen-bond acceptors (Lipinski definition) is 5. The van der Waals surface area contributed by atoms with E-state index in [2.05, 4.69) is 4.98 Å². The van der Waals surface area contributed by atoms with Crippen molar-refractivity contribution in [1.82, 2.24) is 4.98 Å². The average Bonchev–Trinajstić information content (AvgIpc) is 2.54. The number of aromatic nitrogens is 1. The summed E-state index contributed by atoms with van der Waals surface area (Å²) < 4.78 is 36.5. The molecule has 0 spiro atoms. The van der Waals surface area contributed by atoms with Crippen molar-refractivity contribution >= 4 is 15.8 Å². The fraction of sp³-hybridized carbons (Fsp3) is 0.214. The van der Waals surface area contributed by atoms with Crippen molar-refractivity contribution in [2.24, 2.45) is 0 Å². The van der Waals surface area contributed by atoms with Crippen LogP contribution in [-0.4, -0.2) is 34.7 Å². The monoisotopic (exact) mass is 308 g/mol. The van der Waals surface area contributed by atoms with Crippen molar-refractivity contribution in [2.75, 3.05) is 25.6 Å². The minimum atomic E-state index is -3.71. The standard InChI is InChI=1S/C14H16N2O4S/c1-16(14-6-4-5-9-15-14)21(17,18)11-7-8-12(19-2)13(10-11)20-3/h4-10H,1-3H3. The topological polar surface area (TPSA) is 68.7 Å². The van der Waals surface area contributed by atoms with Crippen molar-refractivity contribution in [3.63, 3.8) is 0 Å². The van der Waals surface area contributed by atoms with Crippen LogP contribution in [0.5, 0.6) is 11.5 Å². The molecule has 21 heavy (non-hydrogen) atoms. The van der Waals surface area contributed by atoms with Crippen molar-refractivity contribution in [2.45, 2.75) is 4.90 Å². The first-order valence-corrected chi connectivity index (χ1v) is 7.56. The molecule has 7 heteroatoms. The highest BCUT2D eigenvalue weighted by molar-refractivity contribution is 7.92. The molecule has 0 N–H and O–H groups in total. The third-order valence-electron chi connectivity index (χ3n) is 2.99. The summed E-state index contributed by atoms with van der Waals surface area (Å²) in [7, 11) is 0.686. The van der Waals surface area contributed by atoms with E-state index in [1.165, 1.54) is 39.6 Å². The molecule has 0 saturated heterocycles. The maximum absolute atomic E-state index is 12.6. The zero-order valence-electron chi connectivity index (χ0n) is 12.0. The predicted octanol–water partition coefficient (Wildman–Crippen LogP) is 1.92. The molecule has 2 aromatic rings. The molecule has 1 aromatic carbocycles. The quantitative estimate of drug-likeness (QED) is 0.844. The summed E-state index contributed by atoms with van der Waals surface area (Å²) in [4.78, 5) is 4.14. The second kappa shape index (κ2) is 6.01. The Hall–Kier alpha value is -2.28. The minimum Gasteiger partial charge on any atom is -0.493 e. The first-order valence-electron chi connectivity index (χ1n) is 6.12. The number of ether oxygens (including phenoxy) is 2. The van der Waals surface area contributed by atoms with Crippen LogP contribution in [0.25, 0.3) is 0 Å². The second-order valence-corrected chi connectivity index (χ2v) is 6.15. The van der Waals surface area contributed by atoms with Crippen LogP contribution in [0.2, 0.25) is 0 Å². The van der Waals surface area contributed by atoms with Gasteiger partial charge in [-0.1, -0.05) is 6.07 Å². The molecule has 0 aliphatic rings. The number of rotatable bonds is 5. The fourth-order valence-corrected chi connectivity index (χ4v) is 2.96. The summed E-state index contributed by atoms with van der Waals surface area (Å²) in [5, 5.41) is 0. The van der Waals surface area contributed by atoms with Crippen molar-refractivity contribution in [3.05, 3.63) is 42.6 Å². The van der Waals surface area contributed by atoms with Gasteiger partial charge in [-0.25, -0.2) is 13.4 Å². The molecule has 0 aliphatic heterocycles. The summed E-state index contributed by atoms with van der Waals surface area (Å²) in [6.45, 7) is 0. The van der Waals surface area contributed by atoms with Gasteiger partial charge in [0.1, 0.15) is 5.82 Å². The van der Waals surface area contributed by atoms with E-state index in [0.717, 1.165) is 4.31 Å². The number of sulfonamides is 1. The SMILES string of the molecule is COc1ccc(S(=O)(=O)N(C)c2ccccn2)cc1OC. The van der Waals surface area contributed by atoms with Crippen LogP contribution < -0.4 is 13.8 Å². The smallest absolute Gasteiger partial charge is 0.265 e. The Kier molecular flexibility index (Phi) is 4.32. The maximum atomic E-state index is 12.6. The summed E-state index contributed by atoms with van der Waals surface area (Å²) >= 11 is 0. The zero-order chi connectivity index (χ0) is 15.5. The number of nitrogens with zero attached hydrogens (tertiary/aromatic N) is 2. The lowest BCUT2D eigenvalue weighted by Gasteiger charge is -2.19. The summed E-state index contributed by atoms with van der Waals surface area (Å²) in [5.41, 5.74) is 0. The van der Waals surface area contributed by atoms with Crippen LogP contribution in [-0.2, 0) is 10.0 Å². The van der Waals surface area contributed by atoms with Crippen LogP contribution >= 0.6 is 0 Å². The van der Waals surface area contributed by atoms with Gasteiger partial charge in [0, 0.05) is 19.3 Å². The molecule has 0 saturated carbocycles. The summed E-state index contributed by atoms with van der Waals surface area (Å²) in [6.07, 6.45) is 1.54. The van der Waals surface area contributed by atoms with E-state index >= 15 is 0 Å². The number of benzene rings is 1. The maximum Gasteiger partial charge on any atom is 0.265 e. The minimum absolute atomic E-state index is 0.105. The van der Waals surface area contributed by atoms with Crippen LogP contribution in [0.1, 0.15) is 0 Å². The van der Waals surface area contributed by atoms with Crippen LogP contribution in [0, 0.1) is 0 Å². The molecular weight excluding hydrogens is 292 g/mol. The third-order valence-corrected chi connectivity index (χ3v) is 4.74. The van der Waals surface area contributed by atoms with Gasteiger partial charge in [0.05, 0.1) is 19.1 Å². The van der Waals surface area contributed by atoms with E-state index in [9.17, 15) is 8.42 Å². The van der Waals surface area contributed by atoms with E-state index in [4.69, 9.17) is 9.47 Å². The van der Waals surface area contributed by atoms with Gasteiger partial charge in [-0.2, -0.15) is 0 Å². The molecule has 0 radical (unpaired) electrons. The van der Waals surface area contributed by atoms with Gasteiger partial charge in [-0.05, 0) is 24.3 Å². The number of hydrogen-bond donors (Lipinski definition) is 0. The molecule has 6 nitrogen and oxygen atoms in total. The zero-order valence-corrected chi connectivity index (χ0v) is 12.8. The Labute approximate surface area is 124 Å². The Morgan fingerprint density at radius 3 is 2.33 bits per heavy atom. The van der Waals surface area contributed by atoms with Gasteiger partial charge in [0.25, 0.3) is 10.0 Å². The molecule has 0 atom stereocenters.